The first-order valence-corrected chi connectivity index (χ1v) is 6.03. The number of nitrogens with one attached hydrogen (secondary N) is 1. The number of aryl methyl sites for hydroxylation is 1. The normalized spacial score (nSPS) is 17.9. The van der Waals surface area contributed by atoms with Crippen LogP contribution in [-0.2, 0) is 17.6 Å². The zero-order valence-corrected chi connectivity index (χ0v) is 10.5. The van der Waals surface area contributed by atoms with Crippen LogP contribution in [0.15, 0.2) is 6.07 Å². The first kappa shape index (κ1) is 11.8. The van der Waals surface area contributed by atoms with Crippen LogP contribution in [0.3, 0.4) is 0 Å². The highest BCUT2D eigenvalue weighted by Gasteiger charge is 2.31. The van der Waals surface area contributed by atoms with Gasteiger partial charge in [-0.05, 0) is 31.4 Å². The van der Waals surface area contributed by atoms with E-state index in [1.54, 1.807) is 13.0 Å². The van der Waals surface area contributed by atoms with Crippen LogP contribution >= 0.6 is 23.2 Å². The molecule has 88 valence electrons. The Morgan fingerprint density at radius 3 is 3.06 bits per heavy atom. The third kappa shape index (κ3) is 2.36. The molecule has 1 aromatic heterocycles. The zero-order valence-electron chi connectivity index (χ0n) is 8.98. The molecule has 0 spiro atoms. The van der Waals surface area contributed by atoms with E-state index in [9.17, 15) is 4.79 Å². The van der Waals surface area contributed by atoms with Crippen molar-refractivity contribution in [2.75, 3.05) is 6.61 Å². The van der Waals surface area contributed by atoms with Gasteiger partial charge in [-0.25, -0.2) is 4.79 Å². The van der Waals surface area contributed by atoms with E-state index in [4.69, 9.17) is 27.9 Å². The number of esters is 1. The number of fused-ring (bicyclic) bond motifs is 1. The Labute approximate surface area is 104 Å². The molecule has 1 aliphatic rings. The van der Waals surface area contributed by atoms with Crippen molar-refractivity contribution in [1.82, 2.24) is 4.98 Å². The summed E-state index contributed by atoms with van der Waals surface area (Å²) in [5.74, 6) is -0.327. The van der Waals surface area contributed by atoms with Gasteiger partial charge in [-0.1, -0.05) is 0 Å². The minimum absolute atomic E-state index is 0.327. The van der Waals surface area contributed by atoms with Crippen molar-refractivity contribution in [3.05, 3.63) is 23.0 Å². The molecule has 16 heavy (non-hydrogen) atoms. The summed E-state index contributed by atoms with van der Waals surface area (Å²) in [4.78, 5) is 14.6. The van der Waals surface area contributed by atoms with Gasteiger partial charge < -0.3 is 9.72 Å². The summed E-state index contributed by atoms with van der Waals surface area (Å²) >= 11 is 12.2. The lowest BCUT2D eigenvalue weighted by atomic mass is 9.97. The van der Waals surface area contributed by atoms with Crippen molar-refractivity contribution < 1.29 is 9.53 Å². The number of halogens is 2. The molecule has 0 amide bonds. The second-order valence-corrected chi connectivity index (χ2v) is 5.58. The number of H-pyrrole nitrogens is 1. The number of carbonyl (C=O) groups excluding carboxylic acids is 1. The quantitative estimate of drug-likeness (QED) is 0.657. The Kier molecular flexibility index (Phi) is 3.17. The standard InChI is InChI=1S/C11H13Cl2NO2/c1-2-16-10(15)9-5-7-6-11(12,13)4-3-8(7)14-9/h5,14H,2-4,6H2,1H3. The highest BCUT2D eigenvalue weighted by Crippen LogP contribution is 2.37. The molecule has 1 heterocycles. The Bertz CT molecular complexity index is 412. The van der Waals surface area contributed by atoms with E-state index >= 15 is 0 Å². The van der Waals surface area contributed by atoms with Gasteiger partial charge in [-0.2, -0.15) is 0 Å². The molecule has 1 aromatic rings. The summed E-state index contributed by atoms with van der Waals surface area (Å²) in [6.07, 6.45) is 2.04. The van der Waals surface area contributed by atoms with Crippen LogP contribution < -0.4 is 0 Å². The van der Waals surface area contributed by atoms with Gasteiger partial charge in [0.2, 0.25) is 0 Å². The molecule has 2 rings (SSSR count). The summed E-state index contributed by atoms with van der Waals surface area (Å²) in [6.45, 7) is 2.15. The van der Waals surface area contributed by atoms with Crippen molar-refractivity contribution in [1.29, 1.82) is 0 Å². The lowest BCUT2D eigenvalue weighted by molar-refractivity contribution is 0.0520. The maximum Gasteiger partial charge on any atom is 0.354 e. The van der Waals surface area contributed by atoms with E-state index in [1.807, 2.05) is 0 Å². The number of hydrogen-bond donors (Lipinski definition) is 1. The number of rotatable bonds is 2. The van der Waals surface area contributed by atoms with Gasteiger partial charge in [0.15, 0.2) is 0 Å². The van der Waals surface area contributed by atoms with Crippen molar-refractivity contribution in [3.63, 3.8) is 0 Å². The molecular weight excluding hydrogens is 249 g/mol. The summed E-state index contributed by atoms with van der Waals surface area (Å²) in [5.41, 5.74) is 2.54. The van der Waals surface area contributed by atoms with Crippen LogP contribution in [0.2, 0.25) is 0 Å². The van der Waals surface area contributed by atoms with Crippen LogP contribution in [0.4, 0.5) is 0 Å². The summed E-state index contributed by atoms with van der Waals surface area (Å²) in [5, 5.41) is 0. The number of aromatic nitrogens is 1. The highest BCUT2D eigenvalue weighted by atomic mass is 35.5. The summed E-state index contributed by atoms with van der Waals surface area (Å²) < 4.78 is 4.21. The van der Waals surface area contributed by atoms with Crippen LogP contribution in [0.1, 0.15) is 35.1 Å². The minimum Gasteiger partial charge on any atom is -0.461 e. The van der Waals surface area contributed by atoms with Gasteiger partial charge in [-0.3, -0.25) is 0 Å². The van der Waals surface area contributed by atoms with Crippen molar-refractivity contribution >= 4 is 29.2 Å². The Morgan fingerprint density at radius 1 is 1.62 bits per heavy atom. The van der Waals surface area contributed by atoms with E-state index in [-0.39, 0.29) is 5.97 Å². The zero-order chi connectivity index (χ0) is 11.8. The topological polar surface area (TPSA) is 42.1 Å². The number of ether oxygens (including phenoxy) is 1. The van der Waals surface area contributed by atoms with E-state index in [0.29, 0.717) is 25.1 Å². The lowest BCUT2D eigenvalue weighted by Gasteiger charge is -2.24. The van der Waals surface area contributed by atoms with Crippen LogP contribution in [0.25, 0.3) is 0 Å². The number of alkyl halides is 2. The molecule has 0 fully saturated rings. The van der Waals surface area contributed by atoms with Crippen molar-refractivity contribution in [2.45, 2.75) is 30.5 Å². The third-order valence-corrected chi connectivity index (χ3v) is 3.32. The van der Waals surface area contributed by atoms with Crippen molar-refractivity contribution in [2.24, 2.45) is 0 Å². The molecule has 0 aromatic carbocycles. The summed E-state index contributed by atoms with van der Waals surface area (Å²) in [6, 6.07) is 1.78. The predicted octanol–water partition coefficient (Wildman–Crippen LogP) is 2.85. The van der Waals surface area contributed by atoms with E-state index < -0.39 is 4.33 Å². The number of aromatic amines is 1. The van der Waals surface area contributed by atoms with Crippen LogP contribution in [0, 0.1) is 0 Å². The molecule has 0 aliphatic heterocycles. The van der Waals surface area contributed by atoms with Gasteiger partial charge in [-0.15, -0.1) is 23.2 Å². The average Bonchev–Trinajstić information content (AvgIpc) is 2.59. The molecule has 0 unspecified atom stereocenters. The predicted molar refractivity (Wildman–Crippen MR) is 63.2 cm³/mol. The first-order chi connectivity index (χ1) is 7.52. The van der Waals surface area contributed by atoms with E-state index in [2.05, 4.69) is 4.98 Å². The molecular formula is C11H13Cl2NO2. The Morgan fingerprint density at radius 2 is 2.38 bits per heavy atom. The summed E-state index contributed by atoms with van der Waals surface area (Å²) in [7, 11) is 0. The van der Waals surface area contributed by atoms with Crippen LogP contribution in [-0.4, -0.2) is 21.9 Å². The van der Waals surface area contributed by atoms with Gasteiger partial charge in [0.25, 0.3) is 0 Å². The Hall–Kier alpha value is -0.670. The van der Waals surface area contributed by atoms with Gasteiger partial charge in [0, 0.05) is 12.1 Å². The number of carbonyl (C=O) groups is 1. The average molecular weight is 262 g/mol. The number of hydrogen-bond acceptors (Lipinski definition) is 2. The molecule has 0 saturated heterocycles. The fourth-order valence-corrected chi connectivity index (χ4v) is 2.39. The fraction of sp³-hybridized carbons (Fsp3) is 0.545. The first-order valence-electron chi connectivity index (χ1n) is 5.27. The minimum atomic E-state index is -0.707. The van der Waals surface area contributed by atoms with Gasteiger partial charge in [0.1, 0.15) is 10.0 Å². The molecule has 1 aliphatic carbocycles. The van der Waals surface area contributed by atoms with Crippen LogP contribution in [0.5, 0.6) is 0 Å². The molecule has 0 atom stereocenters. The molecule has 0 bridgehead atoms. The van der Waals surface area contributed by atoms with E-state index in [0.717, 1.165) is 17.7 Å². The maximum absolute atomic E-state index is 11.5. The fourth-order valence-electron chi connectivity index (χ4n) is 1.91. The Balaban J connectivity index is 2.21. The third-order valence-electron chi connectivity index (χ3n) is 2.68. The lowest BCUT2D eigenvalue weighted by Crippen LogP contribution is -2.22. The van der Waals surface area contributed by atoms with E-state index in [1.165, 1.54) is 0 Å². The SMILES string of the molecule is CCOC(=O)c1cc2c([nH]1)CCC(Cl)(Cl)C2. The van der Waals surface area contributed by atoms with Gasteiger partial charge >= 0.3 is 5.97 Å². The largest absolute Gasteiger partial charge is 0.461 e. The second-order valence-electron chi connectivity index (χ2n) is 3.94. The maximum atomic E-state index is 11.5. The molecule has 3 nitrogen and oxygen atoms in total. The van der Waals surface area contributed by atoms with Crippen molar-refractivity contribution in [3.8, 4) is 0 Å². The highest BCUT2D eigenvalue weighted by molar-refractivity contribution is 6.48. The molecule has 0 saturated carbocycles. The monoisotopic (exact) mass is 261 g/mol. The van der Waals surface area contributed by atoms with Gasteiger partial charge in [0.05, 0.1) is 6.61 Å². The second kappa shape index (κ2) is 4.30. The smallest absolute Gasteiger partial charge is 0.354 e. The molecule has 0 radical (unpaired) electrons. The molecule has 1 N–H and O–H groups in total. The molecule has 5 heteroatoms.